The number of carboxylic acids is 1. The van der Waals surface area contributed by atoms with Gasteiger partial charge in [-0.25, -0.2) is 9.78 Å². The zero-order valence-electron chi connectivity index (χ0n) is 10.1. The number of pyridine rings is 2. The second-order valence-electron chi connectivity index (χ2n) is 3.83. The Hall–Kier alpha value is -2.76. The molecule has 0 spiro atoms. The van der Waals surface area contributed by atoms with Gasteiger partial charge in [-0.05, 0) is 31.2 Å². The van der Waals surface area contributed by atoms with E-state index in [0.29, 0.717) is 16.9 Å². The van der Waals surface area contributed by atoms with Crippen molar-refractivity contribution >= 4 is 17.6 Å². The number of nitrogens with zero attached hydrogens (tertiary/aromatic N) is 2. The van der Waals surface area contributed by atoms with Gasteiger partial charge in [-0.1, -0.05) is 0 Å². The van der Waals surface area contributed by atoms with Gasteiger partial charge in [0.05, 0.1) is 17.4 Å². The number of hydrogen-bond acceptors (Lipinski definition) is 4. The summed E-state index contributed by atoms with van der Waals surface area (Å²) in [6.07, 6.45) is 2.91. The van der Waals surface area contributed by atoms with E-state index in [1.54, 1.807) is 25.3 Å². The average Bonchev–Trinajstić information content (AvgIpc) is 2.39. The van der Waals surface area contributed by atoms with E-state index in [0.717, 1.165) is 0 Å². The molecule has 0 aliphatic heterocycles. The van der Waals surface area contributed by atoms with Crippen molar-refractivity contribution in [2.24, 2.45) is 0 Å². The van der Waals surface area contributed by atoms with Crippen LogP contribution >= 0.6 is 0 Å². The lowest BCUT2D eigenvalue weighted by molar-refractivity contribution is 0.0690. The number of carbonyl (C=O) groups excluding carboxylic acids is 1. The van der Waals surface area contributed by atoms with Crippen LogP contribution in [0.2, 0.25) is 0 Å². The summed E-state index contributed by atoms with van der Waals surface area (Å²) in [5, 5.41) is 11.3. The highest BCUT2D eigenvalue weighted by Gasteiger charge is 2.10. The average molecular weight is 257 g/mol. The molecule has 0 atom stereocenters. The van der Waals surface area contributed by atoms with Gasteiger partial charge in [0.25, 0.3) is 5.91 Å². The summed E-state index contributed by atoms with van der Waals surface area (Å²) in [5.74, 6) is -1.42. The van der Waals surface area contributed by atoms with Crippen molar-refractivity contribution in [2.45, 2.75) is 6.92 Å². The zero-order chi connectivity index (χ0) is 13.8. The number of aromatic nitrogens is 2. The number of aromatic carboxylic acids is 1. The minimum Gasteiger partial charge on any atom is -0.477 e. The van der Waals surface area contributed by atoms with E-state index in [1.807, 2.05) is 0 Å². The maximum absolute atomic E-state index is 12.0. The number of hydrogen-bond donors (Lipinski definition) is 2. The molecule has 2 aromatic heterocycles. The van der Waals surface area contributed by atoms with Crippen LogP contribution in [0.25, 0.3) is 0 Å². The van der Waals surface area contributed by atoms with Gasteiger partial charge in [0, 0.05) is 11.9 Å². The SMILES string of the molecule is Cc1ncccc1C(=O)Nc1ccc(C(=O)O)nc1. The zero-order valence-corrected chi connectivity index (χ0v) is 10.1. The van der Waals surface area contributed by atoms with Crippen LogP contribution < -0.4 is 5.32 Å². The van der Waals surface area contributed by atoms with Gasteiger partial charge >= 0.3 is 5.97 Å². The molecular weight excluding hydrogens is 246 g/mol. The Labute approximate surface area is 109 Å². The maximum atomic E-state index is 12.0. The lowest BCUT2D eigenvalue weighted by Gasteiger charge is -2.06. The van der Waals surface area contributed by atoms with Gasteiger partial charge in [-0.3, -0.25) is 9.78 Å². The van der Waals surface area contributed by atoms with Crippen LogP contribution in [0.1, 0.15) is 26.5 Å². The van der Waals surface area contributed by atoms with Gasteiger partial charge in [0.1, 0.15) is 5.69 Å². The predicted molar refractivity (Wildman–Crippen MR) is 68.1 cm³/mol. The van der Waals surface area contributed by atoms with Crippen LogP contribution in [0.15, 0.2) is 36.7 Å². The molecular formula is C13H11N3O3. The van der Waals surface area contributed by atoms with Gasteiger partial charge in [0.2, 0.25) is 0 Å². The van der Waals surface area contributed by atoms with E-state index in [9.17, 15) is 9.59 Å². The smallest absolute Gasteiger partial charge is 0.354 e. The number of aryl methyl sites for hydroxylation is 1. The molecule has 0 radical (unpaired) electrons. The van der Waals surface area contributed by atoms with Crippen molar-refractivity contribution in [3.8, 4) is 0 Å². The summed E-state index contributed by atoms with van der Waals surface area (Å²) in [6.45, 7) is 1.74. The first kappa shape index (κ1) is 12.7. The Morgan fingerprint density at radius 1 is 1.21 bits per heavy atom. The third-order valence-corrected chi connectivity index (χ3v) is 2.49. The maximum Gasteiger partial charge on any atom is 0.354 e. The quantitative estimate of drug-likeness (QED) is 0.873. The Balaban J connectivity index is 2.15. The standard InChI is InChI=1S/C13H11N3O3/c1-8-10(3-2-6-14-8)12(17)16-9-4-5-11(13(18)19)15-7-9/h2-7H,1H3,(H,16,17)(H,18,19). The second kappa shape index (κ2) is 5.26. The fourth-order valence-corrected chi connectivity index (χ4v) is 1.52. The molecule has 96 valence electrons. The van der Waals surface area contributed by atoms with Crippen molar-refractivity contribution < 1.29 is 14.7 Å². The molecule has 19 heavy (non-hydrogen) atoms. The number of anilines is 1. The van der Waals surface area contributed by atoms with E-state index >= 15 is 0 Å². The van der Waals surface area contributed by atoms with Gasteiger partial charge in [0.15, 0.2) is 0 Å². The summed E-state index contributed by atoms with van der Waals surface area (Å²) in [7, 11) is 0. The molecule has 6 heteroatoms. The molecule has 0 aliphatic carbocycles. The van der Waals surface area contributed by atoms with E-state index in [2.05, 4.69) is 15.3 Å². The fraction of sp³-hybridized carbons (Fsp3) is 0.0769. The largest absolute Gasteiger partial charge is 0.477 e. The molecule has 0 bridgehead atoms. The van der Waals surface area contributed by atoms with Crippen molar-refractivity contribution in [1.29, 1.82) is 0 Å². The van der Waals surface area contributed by atoms with E-state index in [1.165, 1.54) is 18.3 Å². The lowest BCUT2D eigenvalue weighted by Crippen LogP contribution is -2.14. The Morgan fingerprint density at radius 2 is 2.00 bits per heavy atom. The summed E-state index contributed by atoms with van der Waals surface area (Å²) < 4.78 is 0. The molecule has 2 rings (SSSR count). The monoisotopic (exact) mass is 257 g/mol. The number of carboxylic acid groups (broad SMARTS) is 1. The van der Waals surface area contributed by atoms with Crippen molar-refractivity contribution in [3.63, 3.8) is 0 Å². The summed E-state index contributed by atoms with van der Waals surface area (Å²) in [6, 6.07) is 6.15. The number of carbonyl (C=O) groups is 2. The molecule has 1 amide bonds. The highest BCUT2D eigenvalue weighted by molar-refractivity contribution is 6.04. The normalized spacial score (nSPS) is 9.95. The van der Waals surface area contributed by atoms with Crippen molar-refractivity contribution in [1.82, 2.24) is 9.97 Å². The Kier molecular flexibility index (Phi) is 3.51. The molecule has 0 aliphatic rings. The lowest BCUT2D eigenvalue weighted by atomic mass is 10.2. The van der Waals surface area contributed by atoms with Crippen LogP contribution in [0, 0.1) is 6.92 Å². The number of nitrogens with one attached hydrogen (secondary N) is 1. The molecule has 0 saturated carbocycles. The third kappa shape index (κ3) is 2.92. The van der Waals surface area contributed by atoms with Gasteiger partial charge < -0.3 is 10.4 Å². The van der Waals surface area contributed by atoms with Crippen molar-refractivity contribution in [2.75, 3.05) is 5.32 Å². The van der Waals surface area contributed by atoms with E-state index < -0.39 is 5.97 Å². The Morgan fingerprint density at radius 3 is 2.58 bits per heavy atom. The first-order valence-corrected chi connectivity index (χ1v) is 5.50. The van der Waals surface area contributed by atoms with Gasteiger partial charge in [-0.2, -0.15) is 0 Å². The molecule has 0 saturated heterocycles. The van der Waals surface area contributed by atoms with Crippen LogP contribution in [-0.4, -0.2) is 27.0 Å². The van der Waals surface area contributed by atoms with Crippen LogP contribution in [0.5, 0.6) is 0 Å². The summed E-state index contributed by atoms with van der Waals surface area (Å²) in [4.78, 5) is 30.3. The minimum atomic E-state index is -1.11. The molecule has 2 aromatic rings. The van der Waals surface area contributed by atoms with Crippen molar-refractivity contribution in [3.05, 3.63) is 53.6 Å². The Bertz CT molecular complexity index is 623. The molecule has 0 unspecified atom stereocenters. The molecule has 6 nitrogen and oxygen atoms in total. The van der Waals surface area contributed by atoms with E-state index in [-0.39, 0.29) is 11.6 Å². The second-order valence-corrected chi connectivity index (χ2v) is 3.83. The first-order chi connectivity index (χ1) is 9.08. The molecule has 2 N–H and O–H groups in total. The minimum absolute atomic E-state index is 0.0736. The topological polar surface area (TPSA) is 92.2 Å². The highest BCUT2D eigenvalue weighted by Crippen LogP contribution is 2.10. The fourth-order valence-electron chi connectivity index (χ4n) is 1.52. The van der Waals surface area contributed by atoms with E-state index in [4.69, 9.17) is 5.11 Å². The third-order valence-electron chi connectivity index (χ3n) is 2.49. The predicted octanol–water partition coefficient (Wildman–Crippen LogP) is 1.74. The number of amides is 1. The molecule has 0 aromatic carbocycles. The van der Waals surface area contributed by atoms with Crippen LogP contribution in [-0.2, 0) is 0 Å². The molecule has 0 fully saturated rings. The summed E-state index contributed by atoms with van der Waals surface area (Å²) >= 11 is 0. The van der Waals surface area contributed by atoms with Crippen LogP contribution in [0.4, 0.5) is 5.69 Å². The first-order valence-electron chi connectivity index (χ1n) is 5.50. The highest BCUT2D eigenvalue weighted by atomic mass is 16.4. The summed E-state index contributed by atoms with van der Waals surface area (Å²) in [5.41, 5.74) is 1.44. The van der Waals surface area contributed by atoms with Crippen LogP contribution in [0.3, 0.4) is 0 Å². The molecule has 2 heterocycles. The van der Waals surface area contributed by atoms with Gasteiger partial charge in [-0.15, -0.1) is 0 Å². The number of rotatable bonds is 3.